The molecule has 0 spiro atoms. The van der Waals surface area contributed by atoms with Gasteiger partial charge in [-0.3, -0.25) is 0 Å². The number of nitrogens with zero attached hydrogens (tertiary/aromatic N) is 1. The van der Waals surface area contributed by atoms with Crippen LogP contribution in [-0.2, 0) is 0 Å². The Bertz CT molecular complexity index is 692. The van der Waals surface area contributed by atoms with Gasteiger partial charge in [-0.05, 0) is 36.8 Å². The molecule has 5 heteroatoms. The van der Waals surface area contributed by atoms with Gasteiger partial charge in [0.25, 0.3) is 0 Å². The van der Waals surface area contributed by atoms with Crippen molar-refractivity contribution in [1.82, 2.24) is 0 Å². The second-order valence-electron chi connectivity index (χ2n) is 4.48. The molecule has 1 N–H and O–H groups in total. The molecular formula is C16H14FNO3. The number of halogens is 1. The van der Waals surface area contributed by atoms with Crippen LogP contribution in [0.3, 0.4) is 0 Å². The van der Waals surface area contributed by atoms with E-state index in [2.05, 4.69) is 0 Å². The van der Waals surface area contributed by atoms with Crippen molar-refractivity contribution in [2.45, 2.75) is 13.0 Å². The van der Waals surface area contributed by atoms with E-state index in [1.54, 1.807) is 25.1 Å². The maximum absolute atomic E-state index is 13.9. The molecule has 108 valence electrons. The Kier molecular flexibility index (Phi) is 4.41. The zero-order chi connectivity index (χ0) is 15.4. The van der Waals surface area contributed by atoms with Crippen LogP contribution in [0.4, 0.5) is 4.39 Å². The van der Waals surface area contributed by atoms with Crippen molar-refractivity contribution in [1.29, 1.82) is 5.26 Å². The molecule has 0 aliphatic carbocycles. The van der Waals surface area contributed by atoms with Gasteiger partial charge in [0.1, 0.15) is 11.5 Å². The summed E-state index contributed by atoms with van der Waals surface area (Å²) in [6, 6.07) is 10.8. The quantitative estimate of drug-likeness (QED) is 0.934. The molecule has 1 atom stereocenters. The summed E-state index contributed by atoms with van der Waals surface area (Å²) < 4.78 is 24.4. The highest BCUT2D eigenvalue weighted by atomic mass is 19.1. The first-order chi connectivity index (χ1) is 10.0. The van der Waals surface area contributed by atoms with Crippen LogP contribution in [0.25, 0.3) is 0 Å². The van der Waals surface area contributed by atoms with Crippen molar-refractivity contribution in [3.05, 3.63) is 53.3 Å². The van der Waals surface area contributed by atoms with E-state index in [-0.39, 0.29) is 5.75 Å². The molecule has 0 amide bonds. The number of aliphatic hydroxyl groups is 1. The Hall–Kier alpha value is -2.58. The lowest BCUT2D eigenvalue weighted by Crippen LogP contribution is -1.95. The Morgan fingerprint density at radius 1 is 1.19 bits per heavy atom. The van der Waals surface area contributed by atoms with Gasteiger partial charge < -0.3 is 14.6 Å². The normalized spacial score (nSPS) is 11.6. The standard InChI is InChI=1S/C16H14FNO3/c1-10(19)12-3-4-16(15(17)7-12)21-14-6-11(9-18)5-13(8-14)20-2/h3-8,10,19H,1-2H3/t10-/m1/s1. The second-order valence-corrected chi connectivity index (χ2v) is 4.48. The molecule has 0 saturated heterocycles. The molecular weight excluding hydrogens is 273 g/mol. The Morgan fingerprint density at radius 3 is 2.48 bits per heavy atom. The lowest BCUT2D eigenvalue weighted by molar-refractivity contribution is 0.198. The number of methoxy groups -OCH3 is 1. The van der Waals surface area contributed by atoms with Gasteiger partial charge in [0.05, 0.1) is 24.8 Å². The van der Waals surface area contributed by atoms with E-state index in [0.29, 0.717) is 22.6 Å². The fourth-order valence-electron chi connectivity index (χ4n) is 1.80. The van der Waals surface area contributed by atoms with Gasteiger partial charge in [-0.2, -0.15) is 5.26 Å². The maximum atomic E-state index is 13.9. The molecule has 2 aromatic carbocycles. The Balaban J connectivity index is 2.32. The van der Waals surface area contributed by atoms with Crippen molar-refractivity contribution < 1.29 is 19.0 Å². The van der Waals surface area contributed by atoms with Crippen molar-refractivity contribution in [2.75, 3.05) is 7.11 Å². The van der Waals surface area contributed by atoms with Gasteiger partial charge in [-0.15, -0.1) is 0 Å². The molecule has 0 unspecified atom stereocenters. The summed E-state index contributed by atoms with van der Waals surface area (Å²) in [7, 11) is 1.47. The van der Waals surface area contributed by atoms with Crippen LogP contribution in [0.15, 0.2) is 36.4 Å². The zero-order valence-corrected chi connectivity index (χ0v) is 11.6. The van der Waals surface area contributed by atoms with Crippen LogP contribution in [-0.4, -0.2) is 12.2 Å². The first-order valence-corrected chi connectivity index (χ1v) is 6.28. The molecule has 0 aliphatic heterocycles. The Labute approximate surface area is 122 Å². The molecule has 0 radical (unpaired) electrons. The zero-order valence-electron chi connectivity index (χ0n) is 11.6. The molecule has 0 bridgehead atoms. The number of hydrogen-bond donors (Lipinski definition) is 1. The highest BCUT2D eigenvalue weighted by molar-refractivity contribution is 5.45. The molecule has 0 heterocycles. The number of benzene rings is 2. The summed E-state index contributed by atoms with van der Waals surface area (Å²) in [5.41, 5.74) is 0.813. The fraction of sp³-hybridized carbons (Fsp3) is 0.188. The van der Waals surface area contributed by atoms with Gasteiger partial charge >= 0.3 is 0 Å². The number of nitriles is 1. The summed E-state index contributed by atoms with van der Waals surface area (Å²) in [4.78, 5) is 0. The second kappa shape index (κ2) is 6.25. The summed E-state index contributed by atoms with van der Waals surface area (Å²) in [5, 5.41) is 18.3. The average molecular weight is 287 g/mol. The van der Waals surface area contributed by atoms with Gasteiger partial charge in [0.15, 0.2) is 11.6 Å². The molecule has 2 aromatic rings. The van der Waals surface area contributed by atoms with Gasteiger partial charge in [0, 0.05) is 6.07 Å². The molecule has 0 aliphatic rings. The van der Waals surface area contributed by atoms with Crippen LogP contribution < -0.4 is 9.47 Å². The number of rotatable bonds is 4. The Morgan fingerprint density at radius 2 is 1.90 bits per heavy atom. The van der Waals surface area contributed by atoms with Crippen LogP contribution in [0.1, 0.15) is 24.2 Å². The summed E-state index contributed by atoms with van der Waals surface area (Å²) in [5.74, 6) is 0.172. The summed E-state index contributed by atoms with van der Waals surface area (Å²) >= 11 is 0. The van der Waals surface area contributed by atoms with E-state index in [4.69, 9.17) is 14.7 Å². The van der Waals surface area contributed by atoms with E-state index in [1.165, 1.54) is 25.3 Å². The molecule has 0 aromatic heterocycles. The lowest BCUT2D eigenvalue weighted by atomic mass is 10.1. The monoisotopic (exact) mass is 287 g/mol. The van der Waals surface area contributed by atoms with Crippen molar-refractivity contribution in [3.63, 3.8) is 0 Å². The van der Waals surface area contributed by atoms with Gasteiger partial charge in [-0.1, -0.05) is 6.07 Å². The third-order valence-corrected chi connectivity index (χ3v) is 2.91. The highest BCUT2D eigenvalue weighted by Crippen LogP contribution is 2.30. The summed E-state index contributed by atoms with van der Waals surface area (Å²) in [6.07, 6.45) is -0.754. The largest absolute Gasteiger partial charge is 0.497 e. The molecule has 4 nitrogen and oxygen atoms in total. The third kappa shape index (κ3) is 3.50. The molecule has 0 saturated carbocycles. The average Bonchev–Trinajstić information content (AvgIpc) is 2.48. The van der Waals surface area contributed by atoms with Crippen molar-refractivity contribution >= 4 is 0 Å². The fourth-order valence-corrected chi connectivity index (χ4v) is 1.80. The number of ether oxygens (including phenoxy) is 2. The predicted molar refractivity (Wildman–Crippen MR) is 74.8 cm³/mol. The SMILES string of the molecule is COc1cc(C#N)cc(Oc2ccc([C@@H](C)O)cc2F)c1. The lowest BCUT2D eigenvalue weighted by Gasteiger charge is -2.11. The van der Waals surface area contributed by atoms with E-state index in [9.17, 15) is 9.50 Å². The minimum Gasteiger partial charge on any atom is -0.497 e. The van der Waals surface area contributed by atoms with Crippen molar-refractivity contribution in [2.24, 2.45) is 0 Å². The smallest absolute Gasteiger partial charge is 0.166 e. The third-order valence-electron chi connectivity index (χ3n) is 2.91. The first-order valence-electron chi connectivity index (χ1n) is 6.28. The van der Waals surface area contributed by atoms with Crippen LogP contribution in [0, 0.1) is 17.1 Å². The van der Waals surface area contributed by atoms with Gasteiger partial charge in [-0.25, -0.2) is 4.39 Å². The predicted octanol–water partition coefficient (Wildman–Crippen LogP) is 3.55. The summed E-state index contributed by atoms with van der Waals surface area (Å²) in [6.45, 7) is 1.55. The number of hydrogen-bond acceptors (Lipinski definition) is 4. The minimum absolute atomic E-state index is 0.0107. The van der Waals surface area contributed by atoms with Crippen molar-refractivity contribution in [3.8, 4) is 23.3 Å². The van der Waals surface area contributed by atoms with E-state index >= 15 is 0 Å². The van der Waals surface area contributed by atoms with Crippen LogP contribution >= 0.6 is 0 Å². The van der Waals surface area contributed by atoms with Crippen LogP contribution in [0.5, 0.6) is 17.2 Å². The first kappa shape index (κ1) is 14.8. The van der Waals surface area contributed by atoms with E-state index in [1.807, 2.05) is 6.07 Å². The van der Waals surface area contributed by atoms with E-state index < -0.39 is 11.9 Å². The van der Waals surface area contributed by atoms with Crippen LogP contribution in [0.2, 0.25) is 0 Å². The topological polar surface area (TPSA) is 62.5 Å². The number of aliphatic hydroxyl groups excluding tert-OH is 1. The highest BCUT2D eigenvalue weighted by Gasteiger charge is 2.10. The van der Waals surface area contributed by atoms with E-state index in [0.717, 1.165) is 0 Å². The maximum Gasteiger partial charge on any atom is 0.166 e. The molecule has 21 heavy (non-hydrogen) atoms. The molecule has 2 rings (SSSR count). The minimum atomic E-state index is -0.754. The van der Waals surface area contributed by atoms with Gasteiger partial charge in [0.2, 0.25) is 0 Å². The molecule has 0 fully saturated rings.